The van der Waals surface area contributed by atoms with Crippen molar-refractivity contribution in [3.63, 3.8) is 0 Å². The largest absolute Gasteiger partial charge is 0.360 e. The van der Waals surface area contributed by atoms with Crippen molar-refractivity contribution >= 4 is 24.5 Å². The zero-order valence-electron chi connectivity index (χ0n) is 9.55. The Morgan fingerprint density at radius 2 is 2.12 bits per heavy atom. The summed E-state index contributed by atoms with van der Waals surface area (Å²) in [5.41, 5.74) is 5.67. The first kappa shape index (κ1) is 15.0. The van der Waals surface area contributed by atoms with Gasteiger partial charge in [0, 0.05) is 25.9 Å². The number of carbonyl (C=O) groups is 1. The molecule has 0 saturated carbocycles. The fraction of sp³-hybridized carbons (Fsp3) is 0.778. The van der Waals surface area contributed by atoms with Crippen molar-refractivity contribution in [1.29, 1.82) is 5.41 Å². The molecule has 0 spiro atoms. The minimum absolute atomic E-state index is 0.141. The van der Waals surface area contributed by atoms with Crippen LogP contribution >= 0.6 is 12.6 Å². The van der Waals surface area contributed by atoms with Gasteiger partial charge in [-0.15, -0.1) is 0 Å². The molecule has 7 heteroatoms. The number of carbonyl (C=O) groups excluding carboxylic acids is 1. The lowest BCUT2D eigenvalue weighted by Gasteiger charge is -2.12. The third-order valence-corrected chi connectivity index (χ3v) is 2.22. The summed E-state index contributed by atoms with van der Waals surface area (Å²) in [5, 5.41) is 15.4. The second kappa shape index (κ2) is 9.29. The van der Waals surface area contributed by atoms with Gasteiger partial charge < -0.3 is 21.7 Å². The number of amides is 1. The predicted octanol–water partition coefficient (Wildman–Crippen LogP) is -1.12. The molecule has 0 rings (SSSR count). The van der Waals surface area contributed by atoms with Crippen molar-refractivity contribution < 1.29 is 4.79 Å². The van der Waals surface area contributed by atoms with E-state index in [0.29, 0.717) is 25.3 Å². The fourth-order valence-electron chi connectivity index (χ4n) is 1.07. The van der Waals surface area contributed by atoms with Gasteiger partial charge >= 0.3 is 0 Å². The Balaban J connectivity index is 3.52. The van der Waals surface area contributed by atoms with Crippen LogP contribution in [0, 0.1) is 5.41 Å². The molecule has 16 heavy (non-hydrogen) atoms. The molecule has 0 aliphatic rings. The van der Waals surface area contributed by atoms with E-state index in [1.54, 1.807) is 7.05 Å². The van der Waals surface area contributed by atoms with Crippen molar-refractivity contribution in [3.05, 3.63) is 0 Å². The Labute approximate surface area is 102 Å². The third-order valence-electron chi connectivity index (χ3n) is 1.99. The molecule has 94 valence electrons. The van der Waals surface area contributed by atoms with E-state index in [4.69, 9.17) is 11.1 Å². The van der Waals surface area contributed by atoms with Crippen LogP contribution in [-0.4, -0.2) is 43.8 Å². The first-order chi connectivity index (χ1) is 7.61. The lowest BCUT2D eigenvalue weighted by molar-refractivity contribution is -0.122. The predicted molar refractivity (Wildman–Crippen MR) is 68.9 cm³/mol. The molecule has 0 fully saturated rings. The molecule has 0 radical (unpaired) electrons. The lowest BCUT2D eigenvalue weighted by Crippen LogP contribution is -2.42. The lowest BCUT2D eigenvalue weighted by atomic mass is 10.1. The highest BCUT2D eigenvalue weighted by Gasteiger charge is 2.11. The maximum Gasteiger partial charge on any atom is 0.236 e. The standard InChI is InChI=1S/C9H21N5OS/c1-12-9(11)14-4-2-3-7(10)8(15)13-5-6-16/h7,16H,2-6,10H2,1H3,(H,13,15)(H3,11,12,14). The van der Waals surface area contributed by atoms with Crippen LogP contribution in [0.15, 0.2) is 0 Å². The van der Waals surface area contributed by atoms with Gasteiger partial charge in [-0.3, -0.25) is 10.2 Å². The van der Waals surface area contributed by atoms with E-state index >= 15 is 0 Å². The first-order valence-corrected chi connectivity index (χ1v) is 5.89. The molecular formula is C9H21N5OS. The van der Waals surface area contributed by atoms with Gasteiger partial charge in [-0.25, -0.2) is 0 Å². The minimum atomic E-state index is -0.481. The number of rotatable bonds is 7. The van der Waals surface area contributed by atoms with Gasteiger partial charge in [0.15, 0.2) is 5.96 Å². The zero-order valence-corrected chi connectivity index (χ0v) is 10.4. The Hall–Kier alpha value is -0.950. The van der Waals surface area contributed by atoms with E-state index in [2.05, 4.69) is 28.6 Å². The molecule has 0 aromatic heterocycles. The van der Waals surface area contributed by atoms with Crippen LogP contribution in [0.2, 0.25) is 0 Å². The molecule has 1 amide bonds. The smallest absolute Gasteiger partial charge is 0.236 e. The summed E-state index contributed by atoms with van der Waals surface area (Å²) in [6.07, 6.45) is 1.35. The maximum atomic E-state index is 11.3. The van der Waals surface area contributed by atoms with Crippen molar-refractivity contribution in [1.82, 2.24) is 16.0 Å². The SMILES string of the molecule is CNC(=N)NCCCC(N)C(=O)NCCS. The summed E-state index contributed by atoms with van der Waals surface area (Å²) in [6, 6.07) is -0.481. The molecule has 0 aromatic carbocycles. The number of hydrogen-bond acceptors (Lipinski definition) is 4. The van der Waals surface area contributed by atoms with Gasteiger partial charge in [-0.05, 0) is 12.8 Å². The molecule has 0 heterocycles. The Bertz CT molecular complexity index is 224. The van der Waals surface area contributed by atoms with Crippen LogP contribution in [0.3, 0.4) is 0 Å². The van der Waals surface area contributed by atoms with Crippen LogP contribution in [0.1, 0.15) is 12.8 Å². The summed E-state index contributed by atoms with van der Waals surface area (Å²) in [5.74, 6) is 0.741. The van der Waals surface area contributed by atoms with Crippen LogP contribution in [0.25, 0.3) is 0 Å². The Morgan fingerprint density at radius 1 is 1.44 bits per heavy atom. The van der Waals surface area contributed by atoms with Crippen LogP contribution in [0.4, 0.5) is 0 Å². The maximum absolute atomic E-state index is 11.3. The van der Waals surface area contributed by atoms with E-state index in [1.807, 2.05) is 0 Å². The highest BCUT2D eigenvalue weighted by Crippen LogP contribution is 1.93. The second-order valence-electron chi connectivity index (χ2n) is 3.32. The molecule has 1 unspecified atom stereocenters. The van der Waals surface area contributed by atoms with Crippen molar-refractivity contribution in [2.45, 2.75) is 18.9 Å². The molecule has 0 bridgehead atoms. The van der Waals surface area contributed by atoms with Gasteiger partial charge in [0.1, 0.15) is 0 Å². The van der Waals surface area contributed by atoms with Gasteiger partial charge in [0.05, 0.1) is 6.04 Å². The second-order valence-corrected chi connectivity index (χ2v) is 3.76. The van der Waals surface area contributed by atoms with Gasteiger partial charge in [0.25, 0.3) is 0 Å². The topological polar surface area (TPSA) is 103 Å². The summed E-state index contributed by atoms with van der Waals surface area (Å²) >= 11 is 3.99. The first-order valence-electron chi connectivity index (χ1n) is 5.26. The number of hydrogen-bond donors (Lipinski definition) is 6. The van der Waals surface area contributed by atoms with Crippen molar-refractivity contribution in [2.24, 2.45) is 5.73 Å². The quantitative estimate of drug-likeness (QED) is 0.148. The monoisotopic (exact) mass is 247 g/mol. The number of nitrogens with one attached hydrogen (secondary N) is 4. The van der Waals surface area contributed by atoms with E-state index in [9.17, 15) is 4.79 Å². The van der Waals surface area contributed by atoms with Crippen LogP contribution < -0.4 is 21.7 Å². The minimum Gasteiger partial charge on any atom is -0.360 e. The van der Waals surface area contributed by atoms with Gasteiger partial charge in [-0.1, -0.05) is 0 Å². The molecule has 0 aliphatic heterocycles. The molecule has 0 aromatic rings. The van der Waals surface area contributed by atoms with Crippen molar-refractivity contribution in [3.8, 4) is 0 Å². The average Bonchev–Trinajstić information content (AvgIpc) is 2.30. The normalized spacial score (nSPS) is 11.7. The molecule has 0 saturated heterocycles. The highest BCUT2D eigenvalue weighted by molar-refractivity contribution is 7.80. The van der Waals surface area contributed by atoms with E-state index in [-0.39, 0.29) is 11.9 Å². The highest BCUT2D eigenvalue weighted by atomic mass is 32.1. The summed E-state index contributed by atoms with van der Waals surface area (Å²) in [4.78, 5) is 11.3. The average molecular weight is 247 g/mol. The molecule has 6 nitrogen and oxygen atoms in total. The third kappa shape index (κ3) is 7.36. The van der Waals surface area contributed by atoms with Gasteiger partial charge in [-0.2, -0.15) is 12.6 Å². The molecule has 6 N–H and O–H groups in total. The zero-order chi connectivity index (χ0) is 12.4. The van der Waals surface area contributed by atoms with E-state index < -0.39 is 6.04 Å². The molecule has 1 atom stereocenters. The van der Waals surface area contributed by atoms with Crippen molar-refractivity contribution in [2.75, 3.05) is 25.9 Å². The molecular weight excluding hydrogens is 226 g/mol. The fourth-order valence-corrected chi connectivity index (χ4v) is 1.18. The van der Waals surface area contributed by atoms with Crippen LogP contribution in [0.5, 0.6) is 0 Å². The van der Waals surface area contributed by atoms with E-state index in [0.717, 1.165) is 6.42 Å². The number of nitrogens with two attached hydrogens (primary N) is 1. The Kier molecular flexibility index (Phi) is 8.74. The van der Waals surface area contributed by atoms with E-state index in [1.165, 1.54) is 0 Å². The molecule has 0 aliphatic carbocycles. The summed E-state index contributed by atoms with van der Waals surface area (Å²) < 4.78 is 0. The summed E-state index contributed by atoms with van der Waals surface area (Å²) in [7, 11) is 1.67. The summed E-state index contributed by atoms with van der Waals surface area (Å²) in [6.45, 7) is 1.17. The number of thiol groups is 1. The van der Waals surface area contributed by atoms with Crippen LogP contribution in [-0.2, 0) is 4.79 Å². The van der Waals surface area contributed by atoms with Gasteiger partial charge in [0.2, 0.25) is 5.91 Å². The number of guanidine groups is 1. The Morgan fingerprint density at radius 3 is 2.69 bits per heavy atom.